The molecule has 0 atom stereocenters. The van der Waals surface area contributed by atoms with Crippen molar-refractivity contribution in [2.24, 2.45) is 0 Å². The van der Waals surface area contributed by atoms with E-state index in [9.17, 15) is 9.18 Å². The quantitative estimate of drug-likeness (QED) is 0.181. The lowest BCUT2D eigenvalue weighted by Crippen LogP contribution is -2.25. The molecule has 2 aromatic carbocycles. The third kappa shape index (κ3) is 9.07. The molecule has 0 saturated carbocycles. The Morgan fingerprint density at radius 2 is 1.44 bits per heavy atom. The first-order chi connectivity index (χ1) is 17.7. The van der Waals surface area contributed by atoms with Gasteiger partial charge in [0.15, 0.2) is 0 Å². The van der Waals surface area contributed by atoms with Crippen LogP contribution < -0.4 is 5.32 Å². The highest BCUT2D eigenvalue weighted by Gasteiger charge is 2.11. The van der Waals surface area contributed by atoms with Gasteiger partial charge in [-0.1, -0.05) is 95.4 Å². The SMILES string of the molecule is CCCCCCCCCCCCn1c(CCCCCNC(=O)c2ccccc2F)nc2ccccc21. The second-order valence-corrected chi connectivity index (χ2v) is 9.90. The fourth-order valence-electron chi connectivity index (χ4n) is 4.85. The molecular weight excluding hydrogens is 449 g/mol. The Bertz CT molecular complexity index is 1050. The number of unbranched alkanes of at least 4 members (excludes halogenated alkanes) is 11. The first-order valence-electron chi connectivity index (χ1n) is 14.2. The number of amides is 1. The van der Waals surface area contributed by atoms with Gasteiger partial charge in [0, 0.05) is 19.5 Å². The number of nitrogens with one attached hydrogen (secondary N) is 1. The average molecular weight is 494 g/mol. The van der Waals surface area contributed by atoms with Crippen molar-refractivity contribution in [1.82, 2.24) is 14.9 Å². The summed E-state index contributed by atoms with van der Waals surface area (Å²) in [6.07, 6.45) is 17.3. The second-order valence-electron chi connectivity index (χ2n) is 9.90. The third-order valence-electron chi connectivity index (χ3n) is 6.95. The Morgan fingerprint density at radius 3 is 2.19 bits per heavy atom. The molecule has 196 valence electrons. The summed E-state index contributed by atoms with van der Waals surface area (Å²) < 4.78 is 16.1. The number of aryl methyl sites for hydroxylation is 2. The summed E-state index contributed by atoms with van der Waals surface area (Å²) in [5.74, 6) is 0.352. The number of carbonyl (C=O) groups is 1. The van der Waals surface area contributed by atoms with Gasteiger partial charge in [0.2, 0.25) is 0 Å². The number of nitrogens with zero attached hydrogens (tertiary/aromatic N) is 2. The molecule has 4 nitrogen and oxygen atoms in total. The Labute approximate surface area is 216 Å². The summed E-state index contributed by atoms with van der Waals surface area (Å²) in [4.78, 5) is 17.1. The highest BCUT2D eigenvalue weighted by atomic mass is 19.1. The van der Waals surface area contributed by atoms with Crippen LogP contribution in [0.25, 0.3) is 11.0 Å². The standard InChI is InChI=1S/C31H44FN3O/c1-2-3-4-5-6-7-8-9-10-18-25-35-29-22-16-15-21-28(29)34-30(35)23-12-11-17-24-33-31(36)26-19-13-14-20-27(26)32/h13-16,19-22H,2-12,17-18,23-25H2,1H3,(H,33,36). The minimum Gasteiger partial charge on any atom is -0.352 e. The molecule has 0 fully saturated rings. The van der Waals surface area contributed by atoms with E-state index in [1.54, 1.807) is 12.1 Å². The molecule has 0 spiro atoms. The monoisotopic (exact) mass is 493 g/mol. The number of aromatic nitrogens is 2. The molecule has 36 heavy (non-hydrogen) atoms. The Morgan fingerprint density at radius 1 is 0.806 bits per heavy atom. The number of hydrogen-bond acceptors (Lipinski definition) is 2. The van der Waals surface area contributed by atoms with Gasteiger partial charge in [0.1, 0.15) is 11.6 Å². The van der Waals surface area contributed by atoms with Gasteiger partial charge in [-0.3, -0.25) is 4.79 Å². The molecule has 1 N–H and O–H groups in total. The molecule has 0 aliphatic heterocycles. The van der Waals surface area contributed by atoms with Gasteiger partial charge in [-0.15, -0.1) is 0 Å². The lowest BCUT2D eigenvalue weighted by molar-refractivity contribution is 0.0949. The van der Waals surface area contributed by atoms with Crippen molar-refractivity contribution < 1.29 is 9.18 Å². The maximum absolute atomic E-state index is 13.7. The van der Waals surface area contributed by atoms with E-state index in [0.29, 0.717) is 6.54 Å². The van der Waals surface area contributed by atoms with Crippen molar-refractivity contribution in [3.8, 4) is 0 Å². The molecule has 0 aliphatic rings. The molecule has 0 aliphatic carbocycles. The summed E-state index contributed by atoms with van der Waals surface area (Å²) in [7, 11) is 0. The Hall–Kier alpha value is -2.69. The number of benzene rings is 2. The third-order valence-corrected chi connectivity index (χ3v) is 6.95. The average Bonchev–Trinajstić information content (AvgIpc) is 3.24. The first kappa shape index (κ1) is 27.9. The lowest BCUT2D eigenvalue weighted by Gasteiger charge is -2.10. The fourth-order valence-corrected chi connectivity index (χ4v) is 4.85. The van der Waals surface area contributed by atoms with Crippen LogP contribution in [0.1, 0.15) is 107 Å². The van der Waals surface area contributed by atoms with E-state index in [4.69, 9.17) is 4.98 Å². The maximum Gasteiger partial charge on any atom is 0.254 e. The van der Waals surface area contributed by atoms with Gasteiger partial charge in [-0.2, -0.15) is 0 Å². The number of carbonyl (C=O) groups excluding carboxylic acids is 1. The zero-order valence-electron chi connectivity index (χ0n) is 22.1. The highest BCUT2D eigenvalue weighted by Crippen LogP contribution is 2.19. The van der Waals surface area contributed by atoms with E-state index < -0.39 is 5.82 Å². The number of imidazole rings is 1. The van der Waals surface area contributed by atoms with Crippen molar-refractivity contribution in [3.05, 3.63) is 65.7 Å². The van der Waals surface area contributed by atoms with E-state index in [1.165, 1.54) is 87.7 Å². The van der Waals surface area contributed by atoms with Gasteiger partial charge in [0.05, 0.1) is 16.6 Å². The Balaban J connectivity index is 1.37. The van der Waals surface area contributed by atoms with Crippen LogP contribution in [0.4, 0.5) is 4.39 Å². The largest absolute Gasteiger partial charge is 0.352 e. The van der Waals surface area contributed by atoms with Crippen molar-refractivity contribution in [3.63, 3.8) is 0 Å². The van der Waals surface area contributed by atoms with Crippen LogP contribution in [0.5, 0.6) is 0 Å². The van der Waals surface area contributed by atoms with Gasteiger partial charge >= 0.3 is 0 Å². The number of para-hydroxylation sites is 2. The van der Waals surface area contributed by atoms with E-state index in [2.05, 4.69) is 41.1 Å². The lowest BCUT2D eigenvalue weighted by atomic mass is 10.1. The van der Waals surface area contributed by atoms with Crippen molar-refractivity contribution in [2.45, 2.75) is 103 Å². The van der Waals surface area contributed by atoms with E-state index >= 15 is 0 Å². The Kier molecular flexibility index (Phi) is 12.5. The molecule has 0 radical (unpaired) electrons. The fraction of sp³-hybridized carbons (Fsp3) is 0.548. The molecule has 1 aromatic heterocycles. The predicted octanol–water partition coefficient (Wildman–Crippen LogP) is 8.24. The van der Waals surface area contributed by atoms with Crippen molar-refractivity contribution in [1.29, 1.82) is 0 Å². The van der Waals surface area contributed by atoms with E-state index in [0.717, 1.165) is 37.7 Å². The normalized spacial score (nSPS) is 11.3. The maximum atomic E-state index is 13.7. The molecule has 3 rings (SSSR count). The van der Waals surface area contributed by atoms with Crippen molar-refractivity contribution in [2.75, 3.05) is 6.54 Å². The molecule has 1 heterocycles. The summed E-state index contributed by atoms with van der Waals surface area (Å²) in [6.45, 7) is 3.86. The van der Waals surface area contributed by atoms with Gasteiger partial charge in [-0.05, 0) is 43.5 Å². The van der Waals surface area contributed by atoms with Crippen LogP contribution in [-0.2, 0) is 13.0 Å². The second kappa shape index (κ2) is 16.1. The molecule has 3 aromatic rings. The van der Waals surface area contributed by atoms with Crippen LogP contribution in [0.2, 0.25) is 0 Å². The summed E-state index contributed by atoms with van der Waals surface area (Å²) in [5, 5.41) is 2.83. The van der Waals surface area contributed by atoms with Crippen LogP contribution >= 0.6 is 0 Å². The van der Waals surface area contributed by atoms with Crippen LogP contribution in [-0.4, -0.2) is 22.0 Å². The highest BCUT2D eigenvalue weighted by molar-refractivity contribution is 5.94. The molecular formula is C31H44FN3O. The number of fused-ring (bicyclic) bond motifs is 1. The van der Waals surface area contributed by atoms with Crippen molar-refractivity contribution >= 4 is 16.9 Å². The molecule has 1 amide bonds. The van der Waals surface area contributed by atoms with Crippen LogP contribution in [0.15, 0.2) is 48.5 Å². The molecule has 0 unspecified atom stereocenters. The van der Waals surface area contributed by atoms with Crippen LogP contribution in [0, 0.1) is 5.82 Å². The minimum absolute atomic E-state index is 0.109. The molecule has 0 saturated heterocycles. The van der Waals surface area contributed by atoms with Gasteiger partial charge in [0.25, 0.3) is 5.91 Å². The molecule has 5 heteroatoms. The number of halogens is 1. The summed E-state index contributed by atoms with van der Waals surface area (Å²) >= 11 is 0. The topological polar surface area (TPSA) is 46.9 Å². The minimum atomic E-state index is -0.476. The smallest absolute Gasteiger partial charge is 0.254 e. The van der Waals surface area contributed by atoms with E-state index in [1.807, 2.05) is 0 Å². The van der Waals surface area contributed by atoms with Gasteiger partial charge in [-0.25, -0.2) is 9.37 Å². The summed E-state index contributed by atoms with van der Waals surface area (Å²) in [5.41, 5.74) is 2.43. The number of rotatable bonds is 18. The zero-order valence-corrected chi connectivity index (χ0v) is 22.1. The number of hydrogen-bond donors (Lipinski definition) is 1. The zero-order chi connectivity index (χ0) is 25.4. The van der Waals surface area contributed by atoms with Crippen LogP contribution in [0.3, 0.4) is 0 Å². The summed E-state index contributed by atoms with van der Waals surface area (Å²) in [6, 6.07) is 14.5. The predicted molar refractivity (Wildman–Crippen MR) is 148 cm³/mol. The van der Waals surface area contributed by atoms with E-state index in [-0.39, 0.29) is 11.5 Å². The van der Waals surface area contributed by atoms with Gasteiger partial charge < -0.3 is 9.88 Å². The molecule has 0 bridgehead atoms. The first-order valence-corrected chi connectivity index (χ1v) is 14.2.